The zero-order chi connectivity index (χ0) is 42.4. The molecular formula is C43H69NO13. The molecule has 14 heteroatoms. The molecule has 0 aromatic rings. The van der Waals surface area contributed by atoms with Gasteiger partial charge in [-0.1, -0.05) is 45.4 Å². The molecule has 14 unspecified atom stereocenters. The van der Waals surface area contributed by atoms with Crippen LogP contribution in [0.5, 0.6) is 0 Å². The number of ether oxygens (including phenoxy) is 5. The van der Waals surface area contributed by atoms with Crippen LogP contribution in [0.15, 0.2) is 23.3 Å². The monoisotopic (exact) mass is 807 g/mol. The Balaban J connectivity index is 1.77. The number of esters is 1. The molecule has 1 saturated carbocycles. The van der Waals surface area contributed by atoms with Crippen LogP contribution in [0.4, 0.5) is 0 Å². The van der Waals surface area contributed by atoms with Crippen LogP contribution in [-0.4, -0.2) is 131 Å². The predicted molar refractivity (Wildman–Crippen MR) is 209 cm³/mol. The molecule has 2 bridgehead atoms. The number of hydrogen-bond acceptors (Lipinski definition) is 13. The Labute approximate surface area is 338 Å². The van der Waals surface area contributed by atoms with Crippen LogP contribution in [0.3, 0.4) is 0 Å². The Morgan fingerprint density at radius 2 is 1.63 bits per heavy atom. The minimum absolute atomic E-state index is 0.0181. The molecule has 2 saturated heterocycles. The number of rotatable bonds is 6. The Morgan fingerprint density at radius 1 is 0.965 bits per heavy atom. The first-order valence-corrected chi connectivity index (χ1v) is 20.9. The topological polar surface area (TPSA) is 199 Å². The summed E-state index contributed by atoms with van der Waals surface area (Å²) in [5, 5.41) is 45.0. The van der Waals surface area contributed by atoms with Gasteiger partial charge < -0.3 is 49.0 Å². The van der Waals surface area contributed by atoms with Crippen LogP contribution in [0.1, 0.15) is 112 Å². The summed E-state index contributed by atoms with van der Waals surface area (Å²) in [6.07, 6.45) is 2.06. The number of methoxy groups -OCH3 is 3. The molecule has 0 aromatic carbocycles. The number of allylic oxidation sites excluding steroid dienone is 3. The highest BCUT2D eigenvalue weighted by atomic mass is 16.7. The van der Waals surface area contributed by atoms with Crippen molar-refractivity contribution in [1.82, 2.24) is 4.90 Å². The smallest absolute Gasteiger partial charge is 0.329 e. The third-order valence-electron chi connectivity index (χ3n) is 13.0. The lowest BCUT2D eigenvalue weighted by atomic mass is 9.80. The number of hydrogen-bond donors (Lipinski definition) is 4. The fraction of sp³-hybridized carbons (Fsp3) is 0.814. The lowest BCUT2D eigenvalue weighted by molar-refractivity contribution is -0.302. The van der Waals surface area contributed by atoms with Gasteiger partial charge in [0.15, 0.2) is 5.79 Å². The number of aliphatic hydroxyl groups is 4. The molecule has 1 amide bonds. The Bertz CT molecular complexity index is 1480. The molecule has 57 heavy (non-hydrogen) atoms. The van der Waals surface area contributed by atoms with Gasteiger partial charge in [-0.3, -0.25) is 14.4 Å². The first kappa shape index (κ1) is 47.1. The van der Waals surface area contributed by atoms with Crippen molar-refractivity contribution in [3.05, 3.63) is 23.3 Å². The number of ketones is 2. The van der Waals surface area contributed by atoms with Crippen LogP contribution in [0.25, 0.3) is 0 Å². The summed E-state index contributed by atoms with van der Waals surface area (Å²) in [5.41, 5.74) is 1.52. The minimum Gasteiger partial charge on any atom is -0.456 e. The van der Waals surface area contributed by atoms with E-state index < -0.39 is 89.7 Å². The van der Waals surface area contributed by atoms with Crippen molar-refractivity contribution in [3.8, 4) is 0 Å². The van der Waals surface area contributed by atoms with E-state index in [0.29, 0.717) is 44.1 Å². The van der Waals surface area contributed by atoms with Crippen molar-refractivity contribution in [2.75, 3.05) is 27.9 Å². The van der Waals surface area contributed by atoms with Gasteiger partial charge in [-0.2, -0.15) is 0 Å². The number of fused-ring (bicyclic) bond motifs is 3. The van der Waals surface area contributed by atoms with Gasteiger partial charge in [0, 0.05) is 58.5 Å². The quantitative estimate of drug-likeness (QED) is 0.131. The normalized spacial score (nSPS) is 41.5. The van der Waals surface area contributed by atoms with Crippen molar-refractivity contribution < 1.29 is 63.3 Å². The number of amides is 1. The van der Waals surface area contributed by atoms with Crippen LogP contribution >= 0.6 is 0 Å². The largest absolute Gasteiger partial charge is 0.456 e. The fourth-order valence-electron chi connectivity index (χ4n) is 9.42. The molecule has 3 fully saturated rings. The summed E-state index contributed by atoms with van der Waals surface area (Å²) >= 11 is 0. The van der Waals surface area contributed by atoms with E-state index in [-0.39, 0.29) is 56.3 Å². The third-order valence-corrected chi connectivity index (χ3v) is 13.0. The number of nitrogens with zero attached hydrogens (tertiary/aromatic N) is 1. The highest BCUT2D eigenvalue weighted by Crippen LogP contribution is 2.40. The van der Waals surface area contributed by atoms with Gasteiger partial charge in [0.2, 0.25) is 5.79 Å². The molecule has 3 heterocycles. The molecular weight excluding hydrogens is 738 g/mol. The van der Waals surface area contributed by atoms with E-state index in [1.54, 1.807) is 20.8 Å². The molecule has 0 radical (unpaired) electrons. The van der Waals surface area contributed by atoms with Gasteiger partial charge in [-0.25, -0.2) is 4.79 Å². The summed E-state index contributed by atoms with van der Waals surface area (Å²) in [7, 11) is 4.36. The van der Waals surface area contributed by atoms with Gasteiger partial charge >= 0.3 is 5.97 Å². The van der Waals surface area contributed by atoms with E-state index in [0.717, 1.165) is 10.5 Å². The average Bonchev–Trinajstić information content (AvgIpc) is 3.18. The molecule has 14 atom stereocenters. The zero-order valence-corrected chi connectivity index (χ0v) is 35.5. The summed E-state index contributed by atoms with van der Waals surface area (Å²) in [4.78, 5) is 57.6. The van der Waals surface area contributed by atoms with Gasteiger partial charge in [0.05, 0.1) is 18.3 Å². The molecule has 4 rings (SSSR count). The van der Waals surface area contributed by atoms with E-state index >= 15 is 0 Å². The molecule has 324 valence electrons. The molecule has 4 aliphatic rings. The standard InChI is InChI=1S/C43H69NO13/c1-10-30-18-24(2)17-25(3)19-34(53-7)38-35(54-8)21-27(5)43(52,57-38)39(48)40(49)44-16-12-11-13-31(44)41(50)56-37(28(6)32(45)22-33(30)46)26(4)20-29-14-15-36(47)42(51,23-29)55-9/h18,20,25,27-32,34-38,45,47,51-52H,10-17,19,21-23H2,1-9H3. The van der Waals surface area contributed by atoms with Crippen molar-refractivity contribution >= 4 is 23.4 Å². The van der Waals surface area contributed by atoms with Gasteiger partial charge in [0.1, 0.15) is 30.1 Å². The van der Waals surface area contributed by atoms with Gasteiger partial charge in [0.25, 0.3) is 11.7 Å². The molecule has 1 aliphatic carbocycles. The molecule has 14 nitrogen and oxygen atoms in total. The first-order chi connectivity index (χ1) is 26.8. The maximum absolute atomic E-state index is 14.3. The maximum Gasteiger partial charge on any atom is 0.329 e. The SMILES string of the molecule is CCC1C=C(C)CC(C)CC(OC)C2OC(O)(C(=O)C(=O)N3CCCCC3C(=O)OC(C(C)=CC3CCC(O)C(O)(OC)C3)C(C)C(O)CC1=O)C(C)CC2OC. The summed E-state index contributed by atoms with van der Waals surface area (Å²) in [5.74, 6) is -9.85. The number of Topliss-reactive ketones (excluding diaryl/α,β-unsaturated/α-hetero) is 2. The van der Waals surface area contributed by atoms with Crippen molar-refractivity contribution in [3.63, 3.8) is 0 Å². The van der Waals surface area contributed by atoms with Crippen LogP contribution in [0, 0.1) is 29.6 Å². The second kappa shape index (κ2) is 20.1. The Morgan fingerprint density at radius 3 is 2.26 bits per heavy atom. The number of piperidine rings is 1. The van der Waals surface area contributed by atoms with Crippen molar-refractivity contribution in [2.45, 2.75) is 166 Å². The van der Waals surface area contributed by atoms with Gasteiger partial charge in [-0.05, 0) is 89.0 Å². The Kier molecular flexibility index (Phi) is 16.6. The van der Waals surface area contributed by atoms with E-state index in [2.05, 4.69) is 0 Å². The first-order valence-electron chi connectivity index (χ1n) is 20.9. The number of aliphatic hydroxyl groups excluding tert-OH is 2. The molecule has 0 aromatic heterocycles. The number of cyclic esters (lactones) is 1. The highest BCUT2D eigenvalue weighted by molar-refractivity contribution is 6.39. The second-order valence-corrected chi connectivity index (χ2v) is 17.3. The Hall–Kier alpha value is -2.56. The fourth-order valence-corrected chi connectivity index (χ4v) is 9.42. The van der Waals surface area contributed by atoms with E-state index in [9.17, 15) is 39.6 Å². The average molecular weight is 808 g/mol. The highest BCUT2D eigenvalue weighted by Gasteiger charge is 2.56. The van der Waals surface area contributed by atoms with E-state index in [1.807, 2.05) is 32.9 Å². The van der Waals surface area contributed by atoms with Crippen LogP contribution in [-0.2, 0) is 42.9 Å². The van der Waals surface area contributed by atoms with E-state index in [1.165, 1.54) is 21.3 Å². The molecule has 3 aliphatic heterocycles. The van der Waals surface area contributed by atoms with E-state index in [4.69, 9.17) is 23.7 Å². The third kappa shape index (κ3) is 10.8. The summed E-state index contributed by atoms with van der Waals surface area (Å²) in [6.45, 7) is 11.0. The number of carbonyl (C=O) groups excluding carboxylic acids is 4. The lowest BCUT2D eigenvalue weighted by Crippen LogP contribution is -2.64. The maximum atomic E-state index is 14.3. The van der Waals surface area contributed by atoms with Crippen molar-refractivity contribution in [2.24, 2.45) is 29.6 Å². The molecule has 0 spiro atoms. The zero-order valence-electron chi connectivity index (χ0n) is 35.5. The predicted octanol–water partition coefficient (Wildman–Crippen LogP) is 3.79. The summed E-state index contributed by atoms with van der Waals surface area (Å²) < 4.78 is 29.4. The van der Waals surface area contributed by atoms with Crippen LogP contribution < -0.4 is 0 Å². The minimum atomic E-state index is -2.52. The van der Waals surface area contributed by atoms with Crippen molar-refractivity contribution in [1.29, 1.82) is 0 Å². The van der Waals surface area contributed by atoms with Gasteiger partial charge in [-0.15, -0.1) is 0 Å². The molecule has 4 N–H and O–H groups in total. The lowest BCUT2D eigenvalue weighted by Gasteiger charge is -2.47. The second-order valence-electron chi connectivity index (χ2n) is 17.3. The summed E-state index contributed by atoms with van der Waals surface area (Å²) in [6, 6.07) is -1.18. The van der Waals surface area contributed by atoms with Crippen LogP contribution in [0.2, 0.25) is 0 Å². The number of carbonyl (C=O) groups is 4.